The first kappa shape index (κ1) is 20.6. The van der Waals surface area contributed by atoms with Crippen LogP contribution in [0.2, 0.25) is 0 Å². The normalized spacial score (nSPS) is 14.1. The maximum atomic E-state index is 13.1. The van der Waals surface area contributed by atoms with Crippen LogP contribution in [0.3, 0.4) is 0 Å². The fourth-order valence-electron chi connectivity index (χ4n) is 3.61. The van der Waals surface area contributed by atoms with Gasteiger partial charge in [0.05, 0.1) is 23.7 Å². The number of pyridine rings is 1. The molecule has 1 aliphatic rings. The van der Waals surface area contributed by atoms with E-state index >= 15 is 0 Å². The van der Waals surface area contributed by atoms with Crippen LogP contribution in [0, 0.1) is 0 Å². The number of alkyl halides is 2. The minimum Gasteiger partial charge on any atom is -0.465 e. The number of carboxylic acid groups (broad SMARTS) is 1. The summed E-state index contributed by atoms with van der Waals surface area (Å²) in [6.45, 7) is -2.38. The molecule has 4 rings (SSSR count). The Morgan fingerprint density at radius 1 is 1.29 bits per heavy atom. The van der Waals surface area contributed by atoms with Crippen molar-refractivity contribution in [2.75, 3.05) is 25.0 Å². The minimum atomic E-state index is -2.99. The molecule has 0 spiro atoms. The molecule has 0 fully saturated rings. The zero-order valence-corrected chi connectivity index (χ0v) is 17.0. The topological polar surface area (TPSA) is 83.7 Å². The second-order valence-corrected chi connectivity index (χ2v) is 7.21. The van der Waals surface area contributed by atoms with Crippen LogP contribution in [0.4, 0.5) is 25.1 Å². The third-order valence-corrected chi connectivity index (χ3v) is 5.33. The summed E-state index contributed by atoms with van der Waals surface area (Å²) in [4.78, 5) is 22.7. The average molecular weight is 429 g/mol. The highest BCUT2D eigenvalue weighted by molar-refractivity contribution is 5.80. The molecule has 0 aliphatic carbocycles. The van der Waals surface area contributed by atoms with E-state index in [1.165, 1.54) is 4.90 Å². The van der Waals surface area contributed by atoms with Crippen LogP contribution in [0.25, 0.3) is 16.6 Å². The Bertz CT molecular complexity index is 1160. The number of nitrogens with zero attached hydrogens (tertiary/aromatic N) is 5. The molecule has 2 aromatic heterocycles. The number of benzene rings is 1. The lowest BCUT2D eigenvalue weighted by molar-refractivity contribution is -0.0494. The Labute approximate surface area is 177 Å². The SMILES string of the molecule is CN(c1cc2c(cn1)ncn2C)c1ccc(C2=CCN(C(=O)O)CC2)cc1OC(F)F. The van der Waals surface area contributed by atoms with Crippen molar-refractivity contribution in [3.63, 3.8) is 0 Å². The van der Waals surface area contributed by atoms with E-state index in [2.05, 4.69) is 9.97 Å². The average Bonchev–Trinajstić information content (AvgIpc) is 3.13. The summed E-state index contributed by atoms with van der Waals surface area (Å²) in [5.41, 5.74) is 3.63. The van der Waals surface area contributed by atoms with Gasteiger partial charge in [-0.1, -0.05) is 12.1 Å². The molecule has 10 heteroatoms. The highest BCUT2D eigenvalue weighted by atomic mass is 19.3. The lowest BCUT2D eigenvalue weighted by Gasteiger charge is -2.25. The van der Waals surface area contributed by atoms with Gasteiger partial charge in [-0.3, -0.25) is 0 Å². The third-order valence-electron chi connectivity index (χ3n) is 5.33. The number of fused-ring (bicyclic) bond motifs is 1. The smallest absolute Gasteiger partial charge is 0.407 e. The van der Waals surface area contributed by atoms with Gasteiger partial charge in [0.25, 0.3) is 0 Å². The predicted molar refractivity (Wildman–Crippen MR) is 112 cm³/mol. The van der Waals surface area contributed by atoms with Crippen molar-refractivity contribution in [1.82, 2.24) is 19.4 Å². The van der Waals surface area contributed by atoms with E-state index < -0.39 is 12.7 Å². The molecule has 1 aromatic carbocycles. The first-order valence-corrected chi connectivity index (χ1v) is 9.60. The van der Waals surface area contributed by atoms with Crippen molar-refractivity contribution in [2.24, 2.45) is 7.05 Å². The van der Waals surface area contributed by atoms with Gasteiger partial charge in [0.15, 0.2) is 0 Å². The second-order valence-electron chi connectivity index (χ2n) is 7.21. The lowest BCUT2D eigenvalue weighted by Crippen LogP contribution is -2.33. The quantitative estimate of drug-likeness (QED) is 0.657. The molecule has 3 aromatic rings. The molecule has 1 aliphatic heterocycles. The molecule has 0 radical (unpaired) electrons. The number of hydrogen-bond donors (Lipinski definition) is 1. The zero-order chi connectivity index (χ0) is 22.1. The van der Waals surface area contributed by atoms with E-state index in [0.717, 1.165) is 16.6 Å². The van der Waals surface area contributed by atoms with Gasteiger partial charge in [-0.15, -0.1) is 0 Å². The van der Waals surface area contributed by atoms with Gasteiger partial charge in [-0.25, -0.2) is 14.8 Å². The van der Waals surface area contributed by atoms with Crippen molar-refractivity contribution in [2.45, 2.75) is 13.0 Å². The van der Waals surface area contributed by atoms with Crippen LogP contribution in [0.5, 0.6) is 5.75 Å². The third kappa shape index (κ3) is 4.14. The summed E-state index contributed by atoms with van der Waals surface area (Å²) in [6.07, 6.45) is 4.62. The van der Waals surface area contributed by atoms with E-state index in [4.69, 9.17) is 9.84 Å². The fourth-order valence-corrected chi connectivity index (χ4v) is 3.61. The minimum absolute atomic E-state index is 0.0171. The highest BCUT2D eigenvalue weighted by Crippen LogP contribution is 2.37. The van der Waals surface area contributed by atoms with Crippen LogP contribution in [-0.2, 0) is 7.05 Å². The monoisotopic (exact) mass is 429 g/mol. The molecule has 162 valence electrons. The van der Waals surface area contributed by atoms with E-state index in [9.17, 15) is 13.6 Å². The largest absolute Gasteiger partial charge is 0.465 e. The molecule has 0 atom stereocenters. The van der Waals surface area contributed by atoms with Crippen molar-refractivity contribution in [3.05, 3.63) is 48.4 Å². The number of halogens is 2. The van der Waals surface area contributed by atoms with E-state index in [-0.39, 0.29) is 12.3 Å². The molecule has 31 heavy (non-hydrogen) atoms. The summed E-state index contributed by atoms with van der Waals surface area (Å²) >= 11 is 0. The maximum absolute atomic E-state index is 13.1. The van der Waals surface area contributed by atoms with Crippen LogP contribution in [-0.4, -0.2) is 57.4 Å². The molecule has 8 nitrogen and oxygen atoms in total. The maximum Gasteiger partial charge on any atom is 0.407 e. The van der Waals surface area contributed by atoms with Crippen molar-refractivity contribution in [1.29, 1.82) is 0 Å². The molecule has 1 N–H and O–H groups in total. The van der Waals surface area contributed by atoms with Crippen molar-refractivity contribution >= 4 is 34.2 Å². The summed E-state index contributed by atoms with van der Waals surface area (Å²) in [6, 6.07) is 6.90. The Hall–Kier alpha value is -3.69. The van der Waals surface area contributed by atoms with Crippen LogP contribution in [0.15, 0.2) is 42.9 Å². The molecule has 1 amide bonds. The number of aromatic nitrogens is 3. The standard InChI is InChI=1S/C21H21F2N5O3/c1-26-12-25-15-11-24-19(10-17(15)26)27(2)16-4-3-14(9-18(16)31-20(22)23)13-5-7-28(8-6-13)21(29)30/h3-5,9-12,20H,6-8H2,1-2H3,(H,29,30). The molecule has 0 saturated carbocycles. The number of hydrogen-bond acceptors (Lipinski definition) is 5. The first-order valence-electron chi connectivity index (χ1n) is 9.60. The Balaban J connectivity index is 1.68. The van der Waals surface area contributed by atoms with E-state index in [1.54, 1.807) is 42.7 Å². The summed E-state index contributed by atoms with van der Waals surface area (Å²) < 4.78 is 33.0. The Morgan fingerprint density at radius 3 is 2.77 bits per heavy atom. The first-order chi connectivity index (χ1) is 14.8. The number of anilines is 2. The summed E-state index contributed by atoms with van der Waals surface area (Å²) in [7, 11) is 3.59. The number of aryl methyl sites for hydroxylation is 1. The number of rotatable bonds is 5. The van der Waals surface area contributed by atoms with Gasteiger partial charge in [0.2, 0.25) is 0 Å². The Kier molecular flexibility index (Phi) is 5.45. The van der Waals surface area contributed by atoms with Gasteiger partial charge < -0.3 is 24.2 Å². The predicted octanol–water partition coefficient (Wildman–Crippen LogP) is 4.10. The van der Waals surface area contributed by atoms with Gasteiger partial charge in [0.1, 0.15) is 17.1 Å². The Morgan fingerprint density at radius 2 is 2.10 bits per heavy atom. The number of carbonyl (C=O) groups is 1. The molecule has 3 heterocycles. The summed E-state index contributed by atoms with van der Waals surface area (Å²) in [5.74, 6) is 0.570. The van der Waals surface area contributed by atoms with Crippen LogP contribution in [0.1, 0.15) is 12.0 Å². The molecule has 0 unspecified atom stereocenters. The summed E-state index contributed by atoms with van der Waals surface area (Å²) in [5, 5.41) is 9.09. The zero-order valence-electron chi connectivity index (χ0n) is 17.0. The van der Waals surface area contributed by atoms with Crippen molar-refractivity contribution in [3.8, 4) is 5.75 Å². The van der Waals surface area contributed by atoms with Gasteiger partial charge in [-0.05, 0) is 29.7 Å². The number of imidazole rings is 1. The van der Waals surface area contributed by atoms with Crippen LogP contribution >= 0.6 is 0 Å². The van der Waals surface area contributed by atoms with Gasteiger partial charge in [-0.2, -0.15) is 8.78 Å². The van der Waals surface area contributed by atoms with Crippen molar-refractivity contribution < 1.29 is 23.4 Å². The molecule has 0 saturated heterocycles. The lowest BCUT2D eigenvalue weighted by atomic mass is 9.99. The van der Waals surface area contributed by atoms with Gasteiger partial charge >= 0.3 is 12.7 Å². The van der Waals surface area contributed by atoms with E-state index in [1.807, 2.05) is 23.7 Å². The van der Waals surface area contributed by atoms with E-state index in [0.29, 0.717) is 30.0 Å². The molecular weight excluding hydrogens is 408 g/mol. The number of amides is 1. The molecule has 0 bridgehead atoms. The molecular formula is C21H21F2N5O3. The highest BCUT2D eigenvalue weighted by Gasteiger charge is 2.20. The van der Waals surface area contributed by atoms with Crippen LogP contribution < -0.4 is 9.64 Å². The fraction of sp³-hybridized carbons (Fsp3) is 0.286. The number of ether oxygens (including phenoxy) is 1. The van der Waals surface area contributed by atoms with Gasteiger partial charge in [0, 0.05) is 33.3 Å². The second kappa shape index (κ2) is 8.21.